The molecule has 2 aromatic carbocycles. The molecular weight excluding hydrogens is 468 g/mol. The van der Waals surface area contributed by atoms with Crippen molar-refractivity contribution in [1.82, 2.24) is 10.6 Å². The first-order valence-corrected chi connectivity index (χ1v) is 11.2. The highest BCUT2D eigenvalue weighted by Crippen LogP contribution is 2.43. The normalized spacial score (nSPS) is 11.6. The lowest BCUT2D eigenvalue weighted by molar-refractivity contribution is -0.138. The maximum absolute atomic E-state index is 12.5. The van der Waals surface area contributed by atoms with Gasteiger partial charge in [-0.1, -0.05) is 49.6 Å². The van der Waals surface area contributed by atoms with Crippen molar-refractivity contribution in [3.8, 4) is 11.5 Å². The Morgan fingerprint density at radius 2 is 1.17 bits per heavy atom. The number of nitrogens with one attached hydrogen (secondary N) is 2. The van der Waals surface area contributed by atoms with Crippen molar-refractivity contribution in [2.45, 2.75) is 12.8 Å². The lowest BCUT2D eigenvalue weighted by atomic mass is 9.90. The van der Waals surface area contributed by atoms with Crippen molar-refractivity contribution in [2.75, 3.05) is 26.3 Å². The average Bonchev–Trinajstić information content (AvgIpc) is 2.90. The number of hydrogen-bond acceptors (Lipinski definition) is 8. The van der Waals surface area contributed by atoms with Gasteiger partial charge in [-0.15, -0.1) is 0 Å². The fourth-order valence-electron chi connectivity index (χ4n) is 3.53. The Morgan fingerprint density at radius 1 is 0.750 bits per heavy atom. The molecule has 0 saturated carbocycles. The van der Waals surface area contributed by atoms with E-state index >= 15 is 0 Å². The SMILES string of the molecule is C=CC(=O)OCCNC(=O)Oc1c2c(c(OC(=O)NCCOC(=O)C=C)c3ccccc13)CC=CC2. The monoisotopic (exact) mass is 494 g/mol. The summed E-state index contributed by atoms with van der Waals surface area (Å²) >= 11 is 0. The Morgan fingerprint density at radius 3 is 1.56 bits per heavy atom. The summed E-state index contributed by atoms with van der Waals surface area (Å²) in [4.78, 5) is 47.2. The summed E-state index contributed by atoms with van der Waals surface area (Å²) in [6.45, 7) is 6.66. The van der Waals surface area contributed by atoms with E-state index < -0.39 is 24.1 Å². The zero-order valence-electron chi connectivity index (χ0n) is 19.5. The van der Waals surface area contributed by atoms with Crippen LogP contribution in [0.2, 0.25) is 0 Å². The number of allylic oxidation sites excluding steroid dienone is 2. The summed E-state index contributed by atoms with van der Waals surface area (Å²) in [5.74, 6) is -0.465. The van der Waals surface area contributed by atoms with Crippen LogP contribution in [0.4, 0.5) is 9.59 Å². The van der Waals surface area contributed by atoms with Crippen LogP contribution in [0.5, 0.6) is 11.5 Å². The van der Waals surface area contributed by atoms with Gasteiger partial charge in [0.2, 0.25) is 0 Å². The van der Waals surface area contributed by atoms with E-state index in [0.29, 0.717) is 46.2 Å². The zero-order chi connectivity index (χ0) is 25.9. The van der Waals surface area contributed by atoms with Gasteiger partial charge in [0.1, 0.15) is 24.7 Å². The van der Waals surface area contributed by atoms with E-state index in [2.05, 4.69) is 23.8 Å². The van der Waals surface area contributed by atoms with Crippen molar-refractivity contribution >= 4 is 34.9 Å². The molecule has 1 aliphatic rings. The van der Waals surface area contributed by atoms with Gasteiger partial charge in [-0.25, -0.2) is 19.2 Å². The number of carbonyl (C=O) groups excluding carboxylic acids is 4. The van der Waals surface area contributed by atoms with Crippen LogP contribution in [0.3, 0.4) is 0 Å². The minimum atomic E-state index is -0.716. The first-order valence-electron chi connectivity index (χ1n) is 11.2. The highest BCUT2D eigenvalue weighted by molar-refractivity contribution is 5.99. The van der Waals surface area contributed by atoms with E-state index in [9.17, 15) is 19.2 Å². The maximum Gasteiger partial charge on any atom is 0.412 e. The lowest BCUT2D eigenvalue weighted by Crippen LogP contribution is -2.31. The summed E-state index contributed by atoms with van der Waals surface area (Å²) in [7, 11) is 0. The van der Waals surface area contributed by atoms with Crippen molar-refractivity contribution in [1.29, 1.82) is 0 Å². The van der Waals surface area contributed by atoms with Crippen LogP contribution in [-0.2, 0) is 31.9 Å². The van der Waals surface area contributed by atoms with Crippen molar-refractivity contribution in [2.24, 2.45) is 0 Å². The lowest BCUT2D eigenvalue weighted by Gasteiger charge is -2.22. The summed E-state index contributed by atoms with van der Waals surface area (Å²) in [5, 5.41) is 6.25. The highest BCUT2D eigenvalue weighted by Gasteiger charge is 2.25. The quantitative estimate of drug-likeness (QED) is 0.223. The summed E-state index contributed by atoms with van der Waals surface area (Å²) in [6, 6.07) is 7.10. The first kappa shape index (κ1) is 26.0. The van der Waals surface area contributed by atoms with E-state index in [1.807, 2.05) is 12.2 Å². The van der Waals surface area contributed by atoms with Gasteiger partial charge in [0, 0.05) is 34.1 Å². The molecule has 2 amide bonds. The van der Waals surface area contributed by atoms with Crippen molar-refractivity contribution in [3.05, 3.63) is 72.9 Å². The number of esters is 2. The maximum atomic E-state index is 12.5. The van der Waals surface area contributed by atoms with E-state index in [0.717, 1.165) is 12.2 Å². The summed E-state index contributed by atoms with van der Waals surface area (Å²) in [5.41, 5.74) is 1.43. The molecule has 0 heterocycles. The molecule has 0 aliphatic heterocycles. The molecule has 0 atom stereocenters. The van der Waals surface area contributed by atoms with Crippen molar-refractivity contribution in [3.63, 3.8) is 0 Å². The molecule has 188 valence electrons. The number of fused-ring (bicyclic) bond motifs is 2. The van der Waals surface area contributed by atoms with Crippen LogP contribution in [0.1, 0.15) is 11.1 Å². The Bertz CT molecular complexity index is 1130. The largest absolute Gasteiger partial charge is 0.461 e. The molecule has 0 spiro atoms. The van der Waals surface area contributed by atoms with Crippen LogP contribution < -0.4 is 20.1 Å². The second kappa shape index (κ2) is 12.7. The Kier molecular flexibility index (Phi) is 9.21. The molecular formula is C26H26N2O8. The van der Waals surface area contributed by atoms with Crippen LogP contribution in [0.25, 0.3) is 10.8 Å². The van der Waals surface area contributed by atoms with E-state index in [-0.39, 0.29) is 26.3 Å². The Hall–Kier alpha value is -4.60. The van der Waals surface area contributed by atoms with E-state index in [4.69, 9.17) is 18.9 Å². The molecule has 3 rings (SSSR count). The topological polar surface area (TPSA) is 129 Å². The Balaban J connectivity index is 1.79. The van der Waals surface area contributed by atoms with E-state index in [1.165, 1.54) is 0 Å². The molecule has 2 aromatic rings. The van der Waals surface area contributed by atoms with Crippen molar-refractivity contribution < 1.29 is 38.1 Å². The second-order valence-electron chi connectivity index (χ2n) is 7.42. The van der Waals surface area contributed by atoms with Gasteiger partial charge in [0.15, 0.2) is 0 Å². The summed E-state index contributed by atoms with van der Waals surface area (Å²) in [6.07, 6.45) is 5.45. The molecule has 10 heteroatoms. The third-order valence-corrected chi connectivity index (χ3v) is 5.09. The molecule has 0 saturated heterocycles. The molecule has 10 nitrogen and oxygen atoms in total. The molecule has 1 aliphatic carbocycles. The van der Waals surface area contributed by atoms with Crippen LogP contribution in [0.15, 0.2) is 61.7 Å². The Labute approximate surface area is 207 Å². The van der Waals surface area contributed by atoms with Gasteiger partial charge in [0.25, 0.3) is 0 Å². The van der Waals surface area contributed by atoms with Gasteiger partial charge in [-0.3, -0.25) is 0 Å². The van der Waals surface area contributed by atoms with Gasteiger partial charge >= 0.3 is 24.1 Å². The van der Waals surface area contributed by atoms with Crippen LogP contribution in [-0.4, -0.2) is 50.4 Å². The predicted molar refractivity (Wildman–Crippen MR) is 131 cm³/mol. The third-order valence-electron chi connectivity index (χ3n) is 5.09. The summed E-state index contributed by atoms with van der Waals surface area (Å²) < 4.78 is 21.0. The van der Waals surface area contributed by atoms with Gasteiger partial charge in [-0.05, 0) is 12.8 Å². The van der Waals surface area contributed by atoms with Gasteiger partial charge in [0.05, 0.1) is 13.1 Å². The van der Waals surface area contributed by atoms with Crippen LogP contribution in [0, 0.1) is 0 Å². The molecule has 2 N–H and O–H groups in total. The molecule has 0 unspecified atom stereocenters. The third kappa shape index (κ3) is 6.72. The van der Waals surface area contributed by atoms with Crippen LogP contribution >= 0.6 is 0 Å². The molecule has 0 bridgehead atoms. The smallest absolute Gasteiger partial charge is 0.412 e. The highest BCUT2D eigenvalue weighted by atomic mass is 16.6. The average molecular weight is 495 g/mol. The first-order chi connectivity index (χ1) is 17.4. The molecule has 0 fully saturated rings. The number of ether oxygens (including phenoxy) is 4. The zero-order valence-corrected chi connectivity index (χ0v) is 19.5. The molecule has 0 radical (unpaired) electrons. The number of hydrogen-bond donors (Lipinski definition) is 2. The predicted octanol–water partition coefficient (Wildman–Crippen LogP) is 3.13. The standard InChI is InChI=1S/C26H26N2O8/c1-3-21(29)33-15-13-27-25(31)35-23-17-9-5-7-11-19(17)24(20-12-8-6-10-18(20)23)36-26(32)28-14-16-34-22(30)4-2/h3-9,11H,1-2,10,12-16H2,(H,27,31)(H,28,32). The number of amides is 2. The molecule has 0 aromatic heterocycles. The minimum Gasteiger partial charge on any atom is -0.461 e. The number of benzene rings is 2. The van der Waals surface area contributed by atoms with Gasteiger partial charge in [-0.2, -0.15) is 0 Å². The fraction of sp³-hybridized carbons (Fsp3) is 0.231. The number of carbonyl (C=O) groups is 4. The number of rotatable bonds is 10. The van der Waals surface area contributed by atoms with E-state index in [1.54, 1.807) is 24.3 Å². The minimum absolute atomic E-state index is 0.0315. The second-order valence-corrected chi connectivity index (χ2v) is 7.42. The van der Waals surface area contributed by atoms with Gasteiger partial charge < -0.3 is 29.6 Å². The molecule has 36 heavy (non-hydrogen) atoms. The fourth-order valence-corrected chi connectivity index (χ4v) is 3.53.